The van der Waals surface area contributed by atoms with Gasteiger partial charge in [-0.2, -0.15) is 0 Å². The molecule has 0 bridgehead atoms. The third kappa shape index (κ3) is 11.2. The third-order valence-corrected chi connectivity index (χ3v) is 7.73. The molecule has 8 heteroatoms. The molecule has 41 heavy (non-hydrogen) atoms. The van der Waals surface area contributed by atoms with Crippen LogP contribution in [0, 0.1) is 0 Å². The first-order chi connectivity index (χ1) is 19.9. The van der Waals surface area contributed by atoms with Gasteiger partial charge in [0.05, 0.1) is 31.8 Å². The summed E-state index contributed by atoms with van der Waals surface area (Å²) < 4.78 is 29.7. The number of hydrogen-bond acceptors (Lipinski definition) is 5. The number of rotatable bonds is 16. The zero-order chi connectivity index (χ0) is 28.8. The molecule has 0 aromatic heterocycles. The van der Waals surface area contributed by atoms with E-state index in [0.29, 0.717) is 31.8 Å². The summed E-state index contributed by atoms with van der Waals surface area (Å²) in [5, 5.41) is 2.98. The first kappa shape index (κ1) is 30.1. The highest BCUT2D eigenvalue weighted by Crippen LogP contribution is 2.42. The fourth-order valence-corrected chi connectivity index (χ4v) is 5.27. The Bertz CT molecular complexity index is 1370. The predicted molar refractivity (Wildman–Crippen MR) is 160 cm³/mol. The molecule has 2 atom stereocenters. The van der Waals surface area contributed by atoms with Crippen molar-refractivity contribution >= 4 is 13.5 Å². The maximum atomic E-state index is 12.8. The van der Waals surface area contributed by atoms with Crippen LogP contribution in [0.3, 0.4) is 0 Å². The van der Waals surface area contributed by atoms with Gasteiger partial charge in [0.15, 0.2) is 0 Å². The summed E-state index contributed by atoms with van der Waals surface area (Å²) in [6, 6.07) is 35.8. The monoisotopic (exact) mass is 573 g/mol. The van der Waals surface area contributed by atoms with Crippen molar-refractivity contribution < 1.29 is 28.3 Å². The minimum Gasteiger partial charge on any atom is -0.494 e. The summed E-state index contributed by atoms with van der Waals surface area (Å²) in [5.74, 6) is 1.26. The molecule has 0 fully saturated rings. The maximum absolute atomic E-state index is 12.8. The maximum Gasteiger partial charge on any atom is 0.328 e. The Morgan fingerprint density at radius 3 is 1.98 bits per heavy atom. The lowest BCUT2D eigenvalue weighted by atomic mass is 10.1. The number of hydrogen-bond donors (Lipinski definition) is 2. The molecule has 0 heterocycles. The highest BCUT2D eigenvalue weighted by Gasteiger charge is 2.23. The van der Waals surface area contributed by atoms with Gasteiger partial charge in [0.2, 0.25) is 5.91 Å². The standard InChI is InChI=1S/C33H36NO6P/c35-33(24-27-11-4-1-5-12-27)34-30(26-40-41(36,37)22-10-21-38-31-15-8-3-9-16-31)23-28-17-19-32(20-18-28)39-25-29-13-6-2-7-14-29/h1-9,11-20,30H,10,21-26H2,(H,34,35)(H,36,37)/t30-/m0/s1. The third-order valence-electron chi connectivity index (χ3n) is 6.30. The molecule has 214 valence electrons. The molecular weight excluding hydrogens is 537 g/mol. The molecule has 0 aliphatic heterocycles. The number of nitrogens with one attached hydrogen (secondary N) is 1. The first-order valence-electron chi connectivity index (χ1n) is 13.7. The van der Waals surface area contributed by atoms with E-state index in [4.69, 9.17) is 14.0 Å². The smallest absolute Gasteiger partial charge is 0.328 e. The summed E-state index contributed by atoms with van der Waals surface area (Å²) in [6.07, 6.45) is 0.948. The molecule has 0 spiro atoms. The van der Waals surface area contributed by atoms with Gasteiger partial charge in [0, 0.05) is 0 Å². The van der Waals surface area contributed by atoms with Gasteiger partial charge in [-0.1, -0.05) is 91.0 Å². The number of benzene rings is 4. The molecule has 0 saturated heterocycles. The summed E-state index contributed by atoms with van der Waals surface area (Å²) in [5.41, 5.74) is 2.90. The lowest BCUT2D eigenvalue weighted by molar-refractivity contribution is -0.121. The van der Waals surface area contributed by atoms with Crippen LogP contribution >= 0.6 is 7.60 Å². The molecule has 1 unspecified atom stereocenters. The van der Waals surface area contributed by atoms with Crippen LogP contribution in [0.25, 0.3) is 0 Å². The molecule has 0 saturated carbocycles. The van der Waals surface area contributed by atoms with Crippen molar-refractivity contribution in [2.24, 2.45) is 0 Å². The summed E-state index contributed by atoms with van der Waals surface area (Å²) in [6.45, 7) is 0.669. The van der Waals surface area contributed by atoms with E-state index in [1.54, 1.807) is 0 Å². The molecule has 4 aromatic rings. The minimum absolute atomic E-state index is 0.0437. The van der Waals surface area contributed by atoms with Crippen LogP contribution < -0.4 is 14.8 Å². The summed E-state index contributed by atoms with van der Waals surface area (Å²) in [7, 11) is -3.88. The molecular formula is C33H36NO6P. The number of amides is 1. The Hall–Kier alpha value is -3.90. The average Bonchev–Trinajstić information content (AvgIpc) is 2.99. The Labute approximate surface area is 241 Å². The van der Waals surface area contributed by atoms with Crippen molar-refractivity contribution in [3.8, 4) is 11.5 Å². The van der Waals surface area contributed by atoms with Crippen molar-refractivity contribution in [1.29, 1.82) is 0 Å². The van der Waals surface area contributed by atoms with Crippen LogP contribution in [0.5, 0.6) is 11.5 Å². The fraction of sp³-hybridized carbons (Fsp3) is 0.242. The van der Waals surface area contributed by atoms with E-state index in [1.807, 2.05) is 115 Å². The highest BCUT2D eigenvalue weighted by atomic mass is 31.2. The van der Waals surface area contributed by atoms with E-state index in [2.05, 4.69) is 5.32 Å². The second-order valence-corrected chi connectivity index (χ2v) is 11.7. The molecule has 1 amide bonds. The van der Waals surface area contributed by atoms with Crippen molar-refractivity contribution in [2.45, 2.75) is 31.9 Å². The predicted octanol–water partition coefficient (Wildman–Crippen LogP) is 6.21. The SMILES string of the molecule is O=C(Cc1ccccc1)N[C@H](COP(=O)(O)CCCOc1ccccc1)Cc1ccc(OCc2ccccc2)cc1. The molecule has 4 aromatic carbocycles. The van der Waals surface area contributed by atoms with Crippen molar-refractivity contribution in [3.63, 3.8) is 0 Å². The quantitative estimate of drug-likeness (QED) is 0.122. The van der Waals surface area contributed by atoms with E-state index in [-0.39, 0.29) is 25.1 Å². The van der Waals surface area contributed by atoms with Gasteiger partial charge >= 0.3 is 7.60 Å². The molecule has 0 aliphatic carbocycles. The molecule has 0 radical (unpaired) electrons. The van der Waals surface area contributed by atoms with Crippen LogP contribution in [-0.4, -0.2) is 36.2 Å². The summed E-state index contributed by atoms with van der Waals surface area (Å²) >= 11 is 0. The zero-order valence-electron chi connectivity index (χ0n) is 22.9. The van der Waals surface area contributed by atoms with E-state index < -0.39 is 13.6 Å². The number of carbonyl (C=O) groups excluding carboxylic acids is 1. The van der Waals surface area contributed by atoms with Gasteiger partial charge in [-0.25, -0.2) is 0 Å². The van der Waals surface area contributed by atoms with Gasteiger partial charge in [-0.05, 0) is 53.8 Å². The van der Waals surface area contributed by atoms with Gasteiger partial charge in [-0.3, -0.25) is 9.36 Å². The van der Waals surface area contributed by atoms with Crippen LogP contribution in [0.2, 0.25) is 0 Å². The van der Waals surface area contributed by atoms with Gasteiger partial charge in [-0.15, -0.1) is 0 Å². The largest absolute Gasteiger partial charge is 0.494 e. The van der Waals surface area contributed by atoms with Crippen molar-refractivity contribution in [2.75, 3.05) is 19.4 Å². The van der Waals surface area contributed by atoms with Crippen LogP contribution in [0.15, 0.2) is 115 Å². The van der Waals surface area contributed by atoms with E-state index >= 15 is 0 Å². The van der Waals surface area contributed by atoms with Gasteiger partial charge < -0.3 is 24.2 Å². The lowest BCUT2D eigenvalue weighted by Gasteiger charge is -2.21. The number of para-hydroxylation sites is 1. The Balaban J connectivity index is 1.31. The lowest BCUT2D eigenvalue weighted by Crippen LogP contribution is -2.40. The highest BCUT2D eigenvalue weighted by molar-refractivity contribution is 7.52. The summed E-state index contributed by atoms with van der Waals surface area (Å²) in [4.78, 5) is 23.3. The van der Waals surface area contributed by atoms with Crippen LogP contribution in [0.4, 0.5) is 0 Å². The van der Waals surface area contributed by atoms with Crippen LogP contribution in [-0.2, 0) is 33.3 Å². The number of ether oxygens (including phenoxy) is 2. The van der Waals surface area contributed by atoms with E-state index in [9.17, 15) is 14.3 Å². The molecule has 0 aliphatic rings. The minimum atomic E-state index is -3.88. The molecule has 4 rings (SSSR count). The first-order valence-corrected chi connectivity index (χ1v) is 15.4. The topological polar surface area (TPSA) is 94.1 Å². The van der Waals surface area contributed by atoms with Crippen LogP contribution in [0.1, 0.15) is 23.1 Å². The second kappa shape index (κ2) is 15.8. The Morgan fingerprint density at radius 2 is 1.32 bits per heavy atom. The van der Waals surface area contributed by atoms with Gasteiger partial charge in [0.1, 0.15) is 18.1 Å². The zero-order valence-corrected chi connectivity index (χ0v) is 23.8. The van der Waals surface area contributed by atoms with Crippen molar-refractivity contribution in [3.05, 3.63) is 132 Å². The normalized spacial score (nSPS) is 13.1. The Kier molecular flexibility index (Phi) is 11.6. The molecule has 2 N–H and O–H groups in total. The van der Waals surface area contributed by atoms with E-state index in [0.717, 1.165) is 22.4 Å². The fourth-order valence-electron chi connectivity index (χ4n) is 4.20. The average molecular weight is 574 g/mol. The second-order valence-electron chi connectivity index (χ2n) is 9.72. The van der Waals surface area contributed by atoms with E-state index in [1.165, 1.54) is 0 Å². The van der Waals surface area contributed by atoms with Crippen molar-refractivity contribution in [1.82, 2.24) is 5.32 Å². The Morgan fingerprint density at radius 1 is 0.732 bits per heavy atom. The van der Waals surface area contributed by atoms with Gasteiger partial charge in [0.25, 0.3) is 0 Å². The number of carbonyl (C=O) groups is 1. The molecule has 7 nitrogen and oxygen atoms in total.